The molecule has 1 saturated heterocycles. The maximum Gasteiger partial charge on any atom is 0.291 e. The first-order chi connectivity index (χ1) is 11.3. The first-order valence-corrected chi connectivity index (χ1v) is 7.68. The molecule has 1 N–H and O–H groups in total. The molecule has 1 aliphatic heterocycles. The molecule has 2 aromatic heterocycles. The van der Waals surface area contributed by atoms with Crippen molar-refractivity contribution in [3.05, 3.63) is 42.2 Å². The second kappa shape index (κ2) is 7.23. The Kier molecular flexibility index (Phi) is 4.87. The Hall–Kier alpha value is -2.41. The molecule has 7 heteroatoms. The second-order valence-electron chi connectivity index (χ2n) is 5.45. The minimum absolute atomic E-state index is 0.0295. The molecule has 0 aromatic carbocycles. The number of aryl methyl sites for hydroxylation is 1. The van der Waals surface area contributed by atoms with E-state index in [1.165, 1.54) is 18.2 Å². The molecular formula is C16H20N4O3. The Morgan fingerprint density at radius 1 is 1.52 bits per heavy atom. The summed E-state index contributed by atoms with van der Waals surface area (Å²) in [6.45, 7) is 1.70. The van der Waals surface area contributed by atoms with Crippen molar-refractivity contribution in [1.82, 2.24) is 14.9 Å². The van der Waals surface area contributed by atoms with Crippen LogP contribution in [-0.4, -0.2) is 53.6 Å². The summed E-state index contributed by atoms with van der Waals surface area (Å²) in [6, 6.07) is 4.03. The molecule has 1 fully saturated rings. The van der Waals surface area contributed by atoms with Crippen LogP contribution in [0.2, 0.25) is 0 Å². The number of hydrogen-bond donors (Lipinski definition) is 1. The molecule has 3 heterocycles. The molecule has 0 unspecified atom stereocenters. The highest BCUT2D eigenvalue weighted by Gasteiger charge is 2.26. The molecule has 1 atom stereocenters. The average Bonchev–Trinajstić information content (AvgIpc) is 3.14. The molecule has 0 aliphatic carbocycles. The SMILES string of the molecule is CNc1cc(CC[C@@H]2CN(C(=O)c3cnco3)CCO2)ccn1. The van der Waals surface area contributed by atoms with E-state index in [0.29, 0.717) is 19.7 Å². The quantitative estimate of drug-likeness (QED) is 0.902. The number of oxazole rings is 1. The number of anilines is 1. The van der Waals surface area contributed by atoms with E-state index in [1.54, 1.807) is 11.1 Å². The summed E-state index contributed by atoms with van der Waals surface area (Å²) in [5.41, 5.74) is 1.20. The number of aromatic nitrogens is 2. The van der Waals surface area contributed by atoms with Crippen molar-refractivity contribution in [2.24, 2.45) is 0 Å². The Morgan fingerprint density at radius 2 is 2.43 bits per heavy atom. The minimum atomic E-state index is -0.128. The minimum Gasteiger partial charge on any atom is -0.438 e. The molecule has 0 radical (unpaired) electrons. The van der Waals surface area contributed by atoms with Gasteiger partial charge < -0.3 is 19.4 Å². The fourth-order valence-electron chi connectivity index (χ4n) is 2.65. The van der Waals surface area contributed by atoms with Gasteiger partial charge in [-0.05, 0) is 30.5 Å². The lowest BCUT2D eigenvalue weighted by molar-refractivity contribution is -0.0255. The Labute approximate surface area is 134 Å². The molecular weight excluding hydrogens is 296 g/mol. The van der Waals surface area contributed by atoms with Gasteiger partial charge in [-0.1, -0.05) is 0 Å². The van der Waals surface area contributed by atoms with Crippen LogP contribution in [0, 0.1) is 0 Å². The zero-order valence-corrected chi connectivity index (χ0v) is 13.1. The number of amides is 1. The number of carbonyl (C=O) groups is 1. The highest BCUT2D eigenvalue weighted by Crippen LogP contribution is 2.16. The van der Waals surface area contributed by atoms with Crippen molar-refractivity contribution in [3.63, 3.8) is 0 Å². The van der Waals surface area contributed by atoms with Crippen LogP contribution >= 0.6 is 0 Å². The van der Waals surface area contributed by atoms with Crippen molar-refractivity contribution in [2.75, 3.05) is 32.1 Å². The van der Waals surface area contributed by atoms with Gasteiger partial charge in [0.05, 0.1) is 18.9 Å². The normalized spacial score (nSPS) is 18.0. The second-order valence-corrected chi connectivity index (χ2v) is 5.45. The van der Waals surface area contributed by atoms with E-state index in [0.717, 1.165) is 18.7 Å². The van der Waals surface area contributed by atoms with Gasteiger partial charge in [-0.3, -0.25) is 4.79 Å². The van der Waals surface area contributed by atoms with Crippen LogP contribution in [0.1, 0.15) is 22.5 Å². The molecule has 1 amide bonds. The molecule has 1 aliphatic rings. The van der Waals surface area contributed by atoms with Crippen LogP contribution < -0.4 is 5.32 Å². The third kappa shape index (κ3) is 3.87. The van der Waals surface area contributed by atoms with Gasteiger partial charge in [0.15, 0.2) is 6.39 Å². The van der Waals surface area contributed by atoms with E-state index in [2.05, 4.69) is 15.3 Å². The van der Waals surface area contributed by atoms with Crippen LogP contribution in [0.25, 0.3) is 0 Å². The van der Waals surface area contributed by atoms with Crippen LogP contribution in [0.5, 0.6) is 0 Å². The summed E-state index contributed by atoms with van der Waals surface area (Å²) < 4.78 is 10.9. The number of carbonyl (C=O) groups excluding carboxylic acids is 1. The van der Waals surface area contributed by atoms with Gasteiger partial charge in [-0.25, -0.2) is 9.97 Å². The molecule has 0 spiro atoms. The zero-order valence-electron chi connectivity index (χ0n) is 13.1. The van der Waals surface area contributed by atoms with Gasteiger partial charge in [0.25, 0.3) is 5.91 Å². The number of pyridine rings is 1. The average molecular weight is 316 g/mol. The van der Waals surface area contributed by atoms with E-state index >= 15 is 0 Å². The largest absolute Gasteiger partial charge is 0.438 e. The van der Waals surface area contributed by atoms with Gasteiger partial charge in [0.2, 0.25) is 5.76 Å². The number of morpholine rings is 1. The molecule has 122 valence electrons. The fraction of sp³-hybridized carbons (Fsp3) is 0.438. The molecule has 0 saturated carbocycles. The van der Waals surface area contributed by atoms with Crippen LogP contribution in [0.15, 0.2) is 35.3 Å². The highest BCUT2D eigenvalue weighted by molar-refractivity contribution is 5.91. The lowest BCUT2D eigenvalue weighted by Gasteiger charge is -2.32. The fourth-order valence-corrected chi connectivity index (χ4v) is 2.65. The maximum absolute atomic E-state index is 12.3. The lowest BCUT2D eigenvalue weighted by atomic mass is 10.1. The maximum atomic E-state index is 12.3. The lowest BCUT2D eigenvalue weighted by Crippen LogP contribution is -2.45. The molecule has 7 nitrogen and oxygen atoms in total. The third-order valence-electron chi connectivity index (χ3n) is 3.90. The molecule has 3 rings (SSSR count). The smallest absolute Gasteiger partial charge is 0.291 e. The molecule has 23 heavy (non-hydrogen) atoms. The van der Waals surface area contributed by atoms with Crippen molar-refractivity contribution in [1.29, 1.82) is 0 Å². The summed E-state index contributed by atoms with van der Waals surface area (Å²) in [7, 11) is 1.85. The van der Waals surface area contributed by atoms with Gasteiger partial charge in [0.1, 0.15) is 5.82 Å². The summed E-state index contributed by atoms with van der Waals surface area (Å²) in [5, 5.41) is 3.03. The van der Waals surface area contributed by atoms with Gasteiger partial charge in [-0.2, -0.15) is 0 Å². The van der Waals surface area contributed by atoms with Gasteiger partial charge in [-0.15, -0.1) is 0 Å². The van der Waals surface area contributed by atoms with Crippen molar-refractivity contribution < 1.29 is 13.9 Å². The Bertz CT molecular complexity index is 645. The zero-order chi connectivity index (χ0) is 16.1. The Morgan fingerprint density at radius 3 is 3.22 bits per heavy atom. The number of rotatable bonds is 5. The van der Waals surface area contributed by atoms with E-state index in [1.807, 2.05) is 19.2 Å². The van der Waals surface area contributed by atoms with E-state index in [9.17, 15) is 4.79 Å². The number of nitrogens with zero attached hydrogens (tertiary/aromatic N) is 3. The topological polar surface area (TPSA) is 80.5 Å². The summed E-state index contributed by atoms with van der Waals surface area (Å²) >= 11 is 0. The first-order valence-electron chi connectivity index (χ1n) is 7.68. The van der Waals surface area contributed by atoms with E-state index in [-0.39, 0.29) is 17.8 Å². The molecule has 0 bridgehead atoms. The summed E-state index contributed by atoms with van der Waals surface area (Å²) in [5.74, 6) is 1.00. The highest BCUT2D eigenvalue weighted by atomic mass is 16.5. The van der Waals surface area contributed by atoms with Crippen LogP contribution in [0.3, 0.4) is 0 Å². The summed E-state index contributed by atoms with van der Waals surface area (Å²) in [6.07, 6.45) is 6.28. The predicted molar refractivity (Wildman–Crippen MR) is 84.3 cm³/mol. The monoisotopic (exact) mass is 316 g/mol. The Balaban J connectivity index is 1.55. The van der Waals surface area contributed by atoms with Crippen LogP contribution in [0.4, 0.5) is 5.82 Å². The standard InChI is InChI=1S/C16H20N4O3/c1-17-15-8-12(4-5-19-15)2-3-13-10-20(6-7-22-13)16(21)14-9-18-11-23-14/h4-5,8-9,11,13H,2-3,6-7,10H2,1H3,(H,17,19)/t13-/m1/s1. The molecule has 2 aromatic rings. The third-order valence-corrected chi connectivity index (χ3v) is 3.90. The summed E-state index contributed by atoms with van der Waals surface area (Å²) in [4.78, 5) is 22.0. The number of hydrogen-bond acceptors (Lipinski definition) is 6. The van der Waals surface area contributed by atoms with Crippen molar-refractivity contribution in [3.8, 4) is 0 Å². The van der Waals surface area contributed by atoms with Crippen LogP contribution in [-0.2, 0) is 11.2 Å². The number of ether oxygens (including phenoxy) is 1. The van der Waals surface area contributed by atoms with E-state index < -0.39 is 0 Å². The number of nitrogens with one attached hydrogen (secondary N) is 1. The predicted octanol–water partition coefficient (Wildman–Crippen LogP) is 1.59. The van der Waals surface area contributed by atoms with E-state index in [4.69, 9.17) is 9.15 Å². The van der Waals surface area contributed by atoms with Gasteiger partial charge >= 0.3 is 0 Å². The van der Waals surface area contributed by atoms with Crippen molar-refractivity contribution in [2.45, 2.75) is 18.9 Å². The first kappa shape index (κ1) is 15.5. The van der Waals surface area contributed by atoms with Crippen molar-refractivity contribution >= 4 is 11.7 Å². The van der Waals surface area contributed by atoms with Gasteiger partial charge in [0, 0.05) is 26.3 Å².